The van der Waals surface area contributed by atoms with Crippen LogP contribution >= 0.6 is 11.8 Å². The van der Waals surface area contributed by atoms with Gasteiger partial charge < -0.3 is 10.1 Å². The van der Waals surface area contributed by atoms with E-state index < -0.39 is 0 Å². The molecule has 1 fully saturated rings. The first-order valence-electron chi connectivity index (χ1n) is 12.2. The molecule has 0 radical (unpaired) electrons. The van der Waals surface area contributed by atoms with Crippen molar-refractivity contribution in [3.05, 3.63) is 64.9 Å². The Hall–Kier alpha value is -3.06. The monoisotopic (exact) mass is 491 g/mol. The predicted molar refractivity (Wildman–Crippen MR) is 144 cm³/mol. The van der Waals surface area contributed by atoms with Crippen molar-refractivity contribution in [2.45, 2.75) is 58.4 Å². The summed E-state index contributed by atoms with van der Waals surface area (Å²) in [6, 6.07) is 13.8. The van der Waals surface area contributed by atoms with E-state index in [1.165, 1.54) is 37.4 Å². The Kier molecular flexibility index (Phi) is 8.29. The maximum absolute atomic E-state index is 13.5. The first-order chi connectivity index (χ1) is 16.9. The van der Waals surface area contributed by atoms with Gasteiger partial charge >= 0.3 is 0 Å². The summed E-state index contributed by atoms with van der Waals surface area (Å²) in [6.07, 6.45) is 8.68. The van der Waals surface area contributed by atoms with E-state index in [4.69, 9.17) is 4.74 Å². The van der Waals surface area contributed by atoms with Gasteiger partial charge in [-0.2, -0.15) is 0 Å². The third-order valence-corrected chi connectivity index (χ3v) is 7.20. The Morgan fingerprint density at radius 2 is 1.74 bits per heavy atom. The van der Waals surface area contributed by atoms with Crippen molar-refractivity contribution in [2.24, 2.45) is 4.99 Å². The summed E-state index contributed by atoms with van der Waals surface area (Å²) in [4.78, 5) is 32.5. The lowest BCUT2D eigenvalue weighted by molar-refractivity contribution is -0.119. The predicted octanol–water partition coefficient (Wildman–Crippen LogP) is 5.63. The summed E-state index contributed by atoms with van der Waals surface area (Å²) in [7, 11) is 1.62. The number of thioether (sulfide) groups is 1. The lowest BCUT2D eigenvalue weighted by Crippen LogP contribution is -2.37. The van der Waals surface area contributed by atoms with Crippen LogP contribution in [0.2, 0.25) is 0 Å². The smallest absolute Gasteiger partial charge is 0.283 e. The summed E-state index contributed by atoms with van der Waals surface area (Å²) < 4.78 is 5.23. The van der Waals surface area contributed by atoms with Gasteiger partial charge in [0.05, 0.1) is 18.6 Å². The highest BCUT2D eigenvalue weighted by Crippen LogP contribution is 2.31. The highest BCUT2D eigenvalue weighted by Gasteiger charge is 2.32. The van der Waals surface area contributed by atoms with Crippen molar-refractivity contribution in [1.29, 1.82) is 0 Å². The van der Waals surface area contributed by atoms with E-state index in [1.54, 1.807) is 18.1 Å². The Labute approximate surface area is 211 Å². The van der Waals surface area contributed by atoms with Crippen molar-refractivity contribution >= 4 is 40.5 Å². The van der Waals surface area contributed by atoms with E-state index in [0.717, 1.165) is 41.0 Å². The van der Waals surface area contributed by atoms with Crippen LogP contribution in [0.3, 0.4) is 0 Å². The van der Waals surface area contributed by atoms with E-state index in [2.05, 4.69) is 16.4 Å². The molecule has 0 unspecified atom stereocenters. The first-order valence-corrected chi connectivity index (χ1v) is 13.2. The Balaban J connectivity index is 1.55. The van der Waals surface area contributed by atoms with Gasteiger partial charge in [-0.1, -0.05) is 55.6 Å². The highest BCUT2D eigenvalue weighted by atomic mass is 32.2. The highest BCUT2D eigenvalue weighted by molar-refractivity contribution is 8.14. The Morgan fingerprint density at radius 1 is 1.09 bits per heavy atom. The van der Waals surface area contributed by atoms with Crippen molar-refractivity contribution in [1.82, 2.24) is 5.32 Å². The second-order valence-corrected chi connectivity index (χ2v) is 10.2. The normalized spacial score (nSPS) is 17.9. The molecule has 0 aromatic heterocycles. The van der Waals surface area contributed by atoms with Gasteiger partial charge in [0.1, 0.15) is 11.4 Å². The molecule has 2 aromatic rings. The summed E-state index contributed by atoms with van der Waals surface area (Å²) in [6.45, 7) is 4.02. The minimum atomic E-state index is -0.197. The van der Waals surface area contributed by atoms with E-state index in [-0.39, 0.29) is 23.6 Å². The molecule has 7 heteroatoms. The number of methoxy groups -OCH3 is 1. The number of aliphatic imine (C=N–C) groups is 1. The van der Waals surface area contributed by atoms with Gasteiger partial charge in [0, 0.05) is 6.04 Å². The van der Waals surface area contributed by atoms with Gasteiger partial charge in [0.2, 0.25) is 5.91 Å². The fourth-order valence-electron chi connectivity index (χ4n) is 4.58. The third kappa shape index (κ3) is 6.54. The lowest BCUT2D eigenvalue weighted by atomic mass is 10.1. The Bertz CT molecular complexity index is 1110. The van der Waals surface area contributed by atoms with Crippen molar-refractivity contribution < 1.29 is 14.3 Å². The fourth-order valence-corrected chi connectivity index (χ4v) is 5.41. The molecule has 1 N–H and O–H groups in total. The SMILES string of the molecule is COc1ccc(/C=C2/N=C(SCC(=O)NC3CCCCCC3)N(c3cc(C)cc(C)c3)C2=O)cc1. The molecule has 2 amide bonds. The first kappa shape index (κ1) is 25.0. The minimum Gasteiger partial charge on any atom is -0.497 e. The van der Waals surface area contributed by atoms with Gasteiger partial charge in [-0.15, -0.1) is 0 Å². The van der Waals surface area contributed by atoms with Crippen LogP contribution in [0.15, 0.2) is 53.2 Å². The number of rotatable bonds is 6. The maximum Gasteiger partial charge on any atom is 0.283 e. The van der Waals surface area contributed by atoms with Crippen molar-refractivity contribution in [3.63, 3.8) is 0 Å². The van der Waals surface area contributed by atoms with E-state index >= 15 is 0 Å². The van der Waals surface area contributed by atoms with Crippen LogP contribution in [-0.4, -0.2) is 35.9 Å². The molecule has 0 spiro atoms. The van der Waals surface area contributed by atoms with Crippen LogP contribution in [0.1, 0.15) is 55.2 Å². The molecule has 0 saturated heterocycles. The number of amides is 2. The number of hydrogen-bond acceptors (Lipinski definition) is 5. The summed E-state index contributed by atoms with van der Waals surface area (Å²) in [5.74, 6) is 0.767. The van der Waals surface area contributed by atoms with E-state index in [0.29, 0.717) is 10.9 Å². The number of anilines is 1. The van der Waals surface area contributed by atoms with Gasteiger partial charge in [0.15, 0.2) is 5.17 Å². The molecule has 35 heavy (non-hydrogen) atoms. The summed E-state index contributed by atoms with van der Waals surface area (Å²) in [5.41, 5.74) is 4.10. The molecule has 2 aliphatic rings. The molecule has 184 valence electrons. The zero-order chi connectivity index (χ0) is 24.8. The zero-order valence-corrected chi connectivity index (χ0v) is 21.5. The van der Waals surface area contributed by atoms with Crippen LogP contribution in [-0.2, 0) is 9.59 Å². The summed E-state index contributed by atoms with van der Waals surface area (Å²) >= 11 is 1.31. The molecular formula is C28H33N3O3S. The molecule has 2 aromatic carbocycles. The molecule has 1 aliphatic carbocycles. The molecule has 0 bridgehead atoms. The number of hydrogen-bond donors (Lipinski definition) is 1. The molecule has 1 saturated carbocycles. The van der Waals surface area contributed by atoms with Crippen LogP contribution in [0, 0.1) is 13.8 Å². The molecule has 0 atom stereocenters. The van der Waals surface area contributed by atoms with Crippen LogP contribution in [0.5, 0.6) is 5.75 Å². The molecule has 1 heterocycles. The number of aryl methyl sites for hydroxylation is 2. The summed E-state index contributed by atoms with van der Waals surface area (Å²) in [5, 5.41) is 3.71. The molecular weight excluding hydrogens is 458 g/mol. The average molecular weight is 492 g/mol. The molecule has 1 aliphatic heterocycles. The van der Waals surface area contributed by atoms with Crippen molar-refractivity contribution in [2.75, 3.05) is 17.8 Å². The van der Waals surface area contributed by atoms with Gasteiger partial charge in [0.25, 0.3) is 5.91 Å². The van der Waals surface area contributed by atoms with E-state index in [9.17, 15) is 9.59 Å². The average Bonchev–Trinajstić information content (AvgIpc) is 2.97. The standard InChI is InChI=1S/C28H33N3O3S/c1-19-14-20(2)16-23(15-19)31-27(33)25(17-21-10-12-24(34-3)13-11-21)30-28(31)35-18-26(32)29-22-8-6-4-5-7-9-22/h10-17,22H,4-9,18H2,1-3H3,(H,29,32)/b25-17+. The lowest BCUT2D eigenvalue weighted by Gasteiger charge is -2.20. The number of nitrogens with zero attached hydrogens (tertiary/aromatic N) is 2. The van der Waals surface area contributed by atoms with Gasteiger partial charge in [-0.3, -0.25) is 14.5 Å². The number of nitrogens with one attached hydrogen (secondary N) is 1. The second kappa shape index (κ2) is 11.6. The van der Waals surface area contributed by atoms with Crippen LogP contribution < -0.4 is 15.0 Å². The van der Waals surface area contributed by atoms with Gasteiger partial charge in [-0.25, -0.2) is 4.99 Å². The second-order valence-electron chi connectivity index (χ2n) is 9.23. The quantitative estimate of drug-likeness (QED) is 0.420. The maximum atomic E-state index is 13.5. The number of amidine groups is 1. The minimum absolute atomic E-state index is 0.00925. The number of carbonyl (C=O) groups is 2. The van der Waals surface area contributed by atoms with Crippen molar-refractivity contribution in [3.8, 4) is 5.75 Å². The van der Waals surface area contributed by atoms with E-state index in [1.807, 2.05) is 50.2 Å². The van der Waals surface area contributed by atoms with Crippen LogP contribution in [0.25, 0.3) is 6.08 Å². The topological polar surface area (TPSA) is 71.0 Å². The fraction of sp³-hybridized carbons (Fsp3) is 0.393. The third-order valence-electron chi connectivity index (χ3n) is 6.27. The van der Waals surface area contributed by atoms with Gasteiger partial charge in [-0.05, 0) is 73.7 Å². The number of ether oxygens (including phenoxy) is 1. The number of benzene rings is 2. The van der Waals surface area contributed by atoms with Crippen LogP contribution in [0.4, 0.5) is 5.69 Å². The largest absolute Gasteiger partial charge is 0.497 e. The number of carbonyl (C=O) groups excluding carboxylic acids is 2. The molecule has 4 rings (SSSR count). The zero-order valence-electron chi connectivity index (χ0n) is 20.7. The Morgan fingerprint density at radius 3 is 2.37 bits per heavy atom. The molecule has 6 nitrogen and oxygen atoms in total.